The average molecular weight is 315 g/mol. The van der Waals surface area contributed by atoms with Crippen LogP contribution < -0.4 is 4.72 Å². The van der Waals surface area contributed by atoms with Crippen LogP contribution in [0.2, 0.25) is 0 Å². The number of nitrogens with one attached hydrogen (secondary N) is 1. The Hall–Kier alpha value is -0.960. The highest BCUT2D eigenvalue weighted by Crippen LogP contribution is 2.44. The minimum Gasteiger partial charge on any atom is -0.384 e. The molecule has 0 amide bonds. The van der Waals surface area contributed by atoms with Crippen LogP contribution in [0.4, 0.5) is 0 Å². The van der Waals surface area contributed by atoms with Crippen molar-refractivity contribution in [1.29, 1.82) is 0 Å². The molecular weight excluding hydrogens is 294 g/mol. The van der Waals surface area contributed by atoms with Crippen LogP contribution in [0.25, 0.3) is 0 Å². The standard InChI is InChI=1S/C13H21N3O4S/c1-3-16-7-9(6-14-16)21(17,18)15-12-10-4-5-20-13(10)11(12)8-19-2/h6-7,10-13,15H,3-5,8H2,1-2H3/t10-,11+,12+,13-/m0/s1. The summed E-state index contributed by atoms with van der Waals surface area (Å²) in [4.78, 5) is 0.211. The van der Waals surface area contributed by atoms with E-state index in [1.54, 1.807) is 18.0 Å². The van der Waals surface area contributed by atoms with E-state index in [-0.39, 0.29) is 28.9 Å². The number of sulfonamides is 1. The number of nitrogens with zero attached hydrogens (tertiary/aromatic N) is 2. The Labute approximate surface area is 124 Å². The zero-order valence-corrected chi connectivity index (χ0v) is 13.0. The Kier molecular flexibility index (Phi) is 4.04. The molecule has 118 valence electrons. The van der Waals surface area contributed by atoms with Gasteiger partial charge in [-0.1, -0.05) is 0 Å². The minimum absolute atomic E-state index is 0.0819. The number of hydrogen-bond donors (Lipinski definition) is 1. The van der Waals surface area contributed by atoms with Gasteiger partial charge in [0, 0.05) is 44.3 Å². The lowest BCUT2D eigenvalue weighted by atomic mass is 9.68. The van der Waals surface area contributed by atoms with E-state index in [9.17, 15) is 8.42 Å². The van der Waals surface area contributed by atoms with Crippen LogP contribution in [0.3, 0.4) is 0 Å². The second-order valence-corrected chi connectivity index (χ2v) is 7.30. The topological polar surface area (TPSA) is 82.5 Å². The number of rotatable bonds is 6. The van der Waals surface area contributed by atoms with Gasteiger partial charge in [-0.3, -0.25) is 4.68 Å². The van der Waals surface area contributed by atoms with Gasteiger partial charge in [0.05, 0.1) is 18.9 Å². The average Bonchev–Trinajstić information content (AvgIpc) is 3.09. The first-order chi connectivity index (χ1) is 10.1. The molecule has 21 heavy (non-hydrogen) atoms. The number of fused-ring (bicyclic) bond motifs is 1. The summed E-state index contributed by atoms with van der Waals surface area (Å²) in [6.45, 7) is 3.76. The zero-order valence-electron chi connectivity index (χ0n) is 12.2. The van der Waals surface area contributed by atoms with Crippen molar-refractivity contribution in [2.75, 3.05) is 20.3 Å². The highest BCUT2D eigenvalue weighted by atomic mass is 32.2. The third-order valence-corrected chi connectivity index (χ3v) is 5.84. The van der Waals surface area contributed by atoms with Gasteiger partial charge in [0.25, 0.3) is 0 Å². The van der Waals surface area contributed by atoms with Crippen molar-refractivity contribution in [2.24, 2.45) is 11.8 Å². The molecule has 1 saturated carbocycles. The van der Waals surface area contributed by atoms with Gasteiger partial charge in [0.15, 0.2) is 0 Å². The second-order valence-electron chi connectivity index (χ2n) is 5.59. The minimum atomic E-state index is -3.54. The molecule has 0 unspecified atom stereocenters. The van der Waals surface area contributed by atoms with Crippen LogP contribution in [0.15, 0.2) is 17.3 Å². The van der Waals surface area contributed by atoms with E-state index >= 15 is 0 Å². The first-order valence-electron chi connectivity index (χ1n) is 7.22. The van der Waals surface area contributed by atoms with Crippen LogP contribution in [-0.4, -0.2) is 50.7 Å². The SMILES string of the molecule is CCn1cc(S(=O)(=O)N[C@H]2[C@@H](COC)[C@H]3OCC[C@@H]23)cn1. The molecule has 7 nitrogen and oxygen atoms in total. The zero-order chi connectivity index (χ0) is 15.0. The summed E-state index contributed by atoms with van der Waals surface area (Å²) in [6.07, 6.45) is 3.95. The summed E-state index contributed by atoms with van der Waals surface area (Å²) in [6, 6.07) is -0.118. The van der Waals surface area contributed by atoms with Gasteiger partial charge < -0.3 is 9.47 Å². The predicted octanol–water partition coefficient (Wildman–Crippen LogP) is 0.231. The van der Waals surface area contributed by atoms with Crippen molar-refractivity contribution in [2.45, 2.75) is 36.9 Å². The molecule has 4 atom stereocenters. The second kappa shape index (κ2) is 5.68. The molecule has 3 rings (SSSR count). The lowest BCUT2D eigenvalue weighted by Crippen LogP contribution is -2.62. The van der Waals surface area contributed by atoms with Crippen LogP contribution in [0.1, 0.15) is 13.3 Å². The molecule has 8 heteroatoms. The molecule has 2 fully saturated rings. The third-order valence-electron chi connectivity index (χ3n) is 4.42. The first-order valence-corrected chi connectivity index (χ1v) is 8.70. The van der Waals surface area contributed by atoms with Gasteiger partial charge >= 0.3 is 0 Å². The summed E-state index contributed by atoms with van der Waals surface area (Å²) < 4.78 is 40.2. The maximum absolute atomic E-state index is 12.5. The third kappa shape index (κ3) is 2.61. The molecule has 1 aliphatic carbocycles. The highest BCUT2D eigenvalue weighted by Gasteiger charge is 2.55. The van der Waals surface area contributed by atoms with Gasteiger partial charge in [-0.15, -0.1) is 0 Å². The maximum Gasteiger partial charge on any atom is 0.243 e. The Morgan fingerprint density at radius 2 is 2.38 bits per heavy atom. The molecule has 0 bridgehead atoms. The van der Waals surface area contributed by atoms with E-state index in [1.165, 1.54) is 6.20 Å². The van der Waals surface area contributed by atoms with Gasteiger partial charge in [0.1, 0.15) is 4.90 Å². The molecule has 1 aromatic heterocycles. The van der Waals surface area contributed by atoms with E-state index in [1.807, 2.05) is 6.92 Å². The van der Waals surface area contributed by atoms with E-state index in [4.69, 9.17) is 9.47 Å². The van der Waals surface area contributed by atoms with E-state index in [0.717, 1.165) is 6.42 Å². The molecule has 1 aliphatic heterocycles. The molecule has 2 heterocycles. The summed E-state index contributed by atoms with van der Waals surface area (Å²) in [5.74, 6) is 0.333. The van der Waals surface area contributed by atoms with Gasteiger partial charge in [-0.2, -0.15) is 5.10 Å². The summed E-state index contributed by atoms with van der Waals surface area (Å²) in [5, 5.41) is 4.02. The van der Waals surface area contributed by atoms with Crippen molar-refractivity contribution in [3.63, 3.8) is 0 Å². The number of ether oxygens (including phenoxy) is 2. The highest BCUT2D eigenvalue weighted by molar-refractivity contribution is 7.89. The van der Waals surface area contributed by atoms with Crippen molar-refractivity contribution in [3.8, 4) is 0 Å². The monoisotopic (exact) mass is 315 g/mol. The van der Waals surface area contributed by atoms with Gasteiger partial charge in [-0.25, -0.2) is 13.1 Å². The summed E-state index contributed by atoms with van der Waals surface area (Å²) >= 11 is 0. The number of aromatic nitrogens is 2. The molecule has 1 saturated heterocycles. The number of aryl methyl sites for hydroxylation is 1. The molecule has 1 aromatic rings. The van der Waals surface area contributed by atoms with Crippen molar-refractivity contribution >= 4 is 10.0 Å². The fraction of sp³-hybridized carbons (Fsp3) is 0.769. The quantitative estimate of drug-likeness (QED) is 0.812. The number of methoxy groups -OCH3 is 1. The van der Waals surface area contributed by atoms with Crippen molar-refractivity contribution < 1.29 is 17.9 Å². The van der Waals surface area contributed by atoms with Crippen LogP contribution in [0, 0.1) is 11.8 Å². The predicted molar refractivity (Wildman–Crippen MR) is 75.2 cm³/mol. The summed E-state index contributed by atoms with van der Waals surface area (Å²) in [7, 11) is -1.92. The van der Waals surface area contributed by atoms with E-state index in [0.29, 0.717) is 19.8 Å². The van der Waals surface area contributed by atoms with E-state index < -0.39 is 10.0 Å². The van der Waals surface area contributed by atoms with Gasteiger partial charge in [0.2, 0.25) is 10.0 Å². The van der Waals surface area contributed by atoms with Crippen molar-refractivity contribution in [1.82, 2.24) is 14.5 Å². The molecule has 1 N–H and O–H groups in total. The first kappa shape index (κ1) is 15.0. The Morgan fingerprint density at radius 3 is 3.05 bits per heavy atom. The van der Waals surface area contributed by atoms with Crippen LogP contribution in [-0.2, 0) is 26.0 Å². The molecule has 0 radical (unpaired) electrons. The largest absolute Gasteiger partial charge is 0.384 e. The van der Waals surface area contributed by atoms with E-state index in [2.05, 4.69) is 9.82 Å². The summed E-state index contributed by atoms with van der Waals surface area (Å²) in [5.41, 5.74) is 0. The lowest BCUT2D eigenvalue weighted by molar-refractivity contribution is -0.0775. The smallest absolute Gasteiger partial charge is 0.243 e. The fourth-order valence-electron chi connectivity index (χ4n) is 3.30. The molecule has 0 spiro atoms. The molecular formula is C13H21N3O4S. The Morgan fingerprint density at radius 1 is 1.57 bits per heavy atom. The normalized spacial score (nSPS) is 31.9. The molecule has 2 aliphatic rings. The Bertz CT molecular complexity index is 600. The maximum atomic E-state index is 12.5. The van der Waals surface area contributed by atoms with Crippen LogP contribution >= 0.6 is 0 Å². The molecule has 0 aromatic carbocycles. The fourth-order valence-corrected chi connectivity index (χ4v) is 4.59. The van der Waals surface area contributed by atoms with Crippen molar-refractivity contribution in [3.05, 3.63) is 12.4 Å². The Balaban J connectivity index is 1.75. The van der Waals surface area contributed by atoms with Gasteiger partial charge in [-0.05, 0) is 13.3 Å². The lowest BCUT2D eigenvalue weighted by Gasteiger charge is -2.47. The van der Waals surface area contributed by atoms with Crippen LogP contribution in [0.5, 0.6) is 0 Å². The number of hydrogen-bond acceptors (Lipinski definition) is 5.